The highest BCUT2D eigenvalue weighted by molar-refractivity contribution is 6.83. The molecule has 0 amide bonds. The molecule has 0 aromatic rings. The Morgan fingerprint density at radius 2 is 1.47 bits per heavy atom. The first-order valence-electron chi connectivity index (χ1n) is 5.96. The van der Waals surface area contributed by atoms with Crippen molar-refractivity contribution in [1.29, 1.82) is 0 Å². The number of rotatable bonds is 9. The fourth-order valence-electron chi connectivity index (χ4n) is 1.01. The number of hydrogen-bond acceptors (Lipinski definition) is 2. The molecule has 0 atom stereocenters. The highest BCUT2D eigenvalue weighted by atomic mass is 28.4. The molecule has 0 saturated carbocycles. The molecule has 2 nitrogen and oxygen atoms in total. The normalized spacial score (nSPS) is 12.4. The average Bonchev–Trinajstić information content (AvgIpc) is 2.15. The van der Waals surface area contributed by atoms with Gasteiger partial charge in [0.1, 0.15) is 15.4 Å². The van der Waals surface area contributed by atoms with E-state index in [4.69, 9.17) is 9.47 Å². The van der Waals surface area contributed by atoms with Gasteiger partial charge in [-0.05, 0) is 12.8 Å². The Kier molecular flexibility index (Phi) is 8.70. The van der Waals surface area contributed by atoms with Crippen molar-refractivity contribution >= 4 is 17.6 Å². The summed E-state index contributed by atoms with van der Waals surface area (Å²) < 4.78 is 11.4. The third kappa shape index (κ3) is 10.6. The highest BCUT2D eigenvalue weighted by Gasteiger charge is 2.18. The molecule has 90 valence electrons. The van der Waals surface area contributed by atoms with Crippen LogP contribution in [-0.4, -0.2) is 36.7 Å². The Morgan fingerprint density at radius 3 is 1.80 bits per heavy atom. The lowest BCUT2D eigenvalue weighted by molar-refractivity contribution is -0.0902. The molecule has 15 heavy (non-hydrogen) atoms. The molecular formula is C11H26O2Si2. The first kappa shape index (κ1) is 15.4. The average molecular weight is 246 g/mol. The SMILES string of the molecule is CCCOC(OCCC)[Si]C[Si](C)(C)C. The largest absolute Gasteiger partial charge is 0.357 e. The van der Waals surface area contributed by atoms with Crippen molar-refractivity contribution in [3.63, 3.8) is 0 Å². The molecule has 0 fully saturated rings. The van der Waals surface area contributed by atoms with Crippen molar-refractivity contribution in [2.45, 2.75) is 57.9 Å². The quantitative estimate of drug-likeness (QED) is 0.460. The summed E-state index contributed by atoms with van der Waals surface area (Å²) in [6, 6.07) is 0. The van der Waals surface area contributed by atoms with E-state index in [1.165, 1.54) is 5.67 Å². The molecule has 0 aliphatic heterocycles. The van der Waals surface area contributed by atoms with Gasteiger partial charge in [-0.3, -0.25) is 0 Å². The van der Waals surface area contributed by atoms with Crippen LogP contribution < -0.4 is 0 Å². The fourth-order valence-corrected chi connectivity index (χ4v) is 4.59. The Balaban J connectivity index is 3.78. The van der Waals surface area contributed by atoms with Gasteiger partial charge in [-0.2, -0.15) is 0 Å². The molecule has 0 saturated heterocycles. The Hall–Kier alpha value is 0.354. The third-order valence-electron chi connectivity index (χ3n) is 1.75. The molecule has 0 aliphatic carbocycles. The van der Waals surface area contributed by atoms with E-state index in [0.29, 0.717) is 0 Å². The third-order valence-corrected chi connectivity index (χ3v) is 7.47. The minimum Gasteiger partial charge on any atom is -0.357 e. The van der Waals surface area contributed by atoms with Crippen molar-refractivity contribution in [1.82, 2.24) is 0 Å². The lowest BCUT2D eigenvalue weighted by Gasteiger charge is -2.21. The van der Waals surface area contributed by atoms with Crippen LogP contribution >= 0.6 is 0 Å². The van der Waals surface area contributed by atoms with Gasteiger partial charge in [0.15, 0.2) is 0 Å². The first-order valence-corrected chi connectivity index (χ1v) is 11.0. The summed E-state index contributed by atoms with van der Waals surface area (Å²) >= 11 is 0. The maximum absolute atomic E-state index is 5.70. The molecule has 2 radical (unpaired) electrons. The van der Waals surface area contributed by atoms with E-state index < -0.39 is 8.07 Å². The Morgan fingerprint density at radius 1 is 1.00 bits per heavy atom. The topological polar surface area (TPSA) is 18.5 Å². The summed E-state index contributed by atoms with van der Waals surface area (Å²) in [5, 5.41) is 0. The van der Waals surface area contributed by atoms with E-state index in [1.54, 1.807) is 0 Å². The van der Waals surface area contributed by atoms with E-state index in [-0.39, 0.29) is 5.91 Å². The van der Waals surface area contributed by atoms with E-state index in [9.17, 15) is 0 Å². The van der Waals surface area contributed by atoms with Gasteiger partial charge in [0.05, 0.1) is 0 Å². The first-order chi connectivity index (χ1) is 6.99. The predicted octanol–water partition coefficient (Wildman–Crippen LogP) is 3.12. The molecule has 0 aromatic carbocycles. The predicted molar refractivity (Wildman–Crippen MR) is 70.2 cm³/mol. The second-order valence-electron chi connectivity index (χ2n) is 5.02. The summed E-state index contributed by atoms with van der Waals surface area (Å²) in [5.41, 5.74) is 1.31. The van der Waals surface area contributed by atoms with E-state index in [1.807, 2.05) is 0 Å². The number of ether oxygens (including phenoxy) is 2. The minimum atomic E-state index is -0.946. The molecule has 0 aliphatic rings. The van der Waals surface area contributed by atoms with E-state index in [2.05, 4.69) is 33.5 Å². The molecule has 0 spiro atoms. The zero-order chi connectivity index (χ0) is 11.7. The standard InChI is InChI=1S/C11H26O2Si2/c1-6-8-12-11(13-9-7-2)14-10-15(3,4)5/h11H,6-10H2,1-5H3. The van der Waals surface area contributed by atoms with Crippen molar-refractivity contribution in [2.24, 2.45) is 0 Å². The van der Waals surface area contributed by atoms with Crippen LogP contribution in [0.15, 0.2) is 0 Å². The number of hydrogen-bond donors (Lipinski definition) is 0. The lowest BCUT2D eigenvalue weighted by Crippen LogP contribution is -2.32. The maximum atomic E-state index is 5.70. The van der Waals surface area contributed by atoms with Crippen molar-refractivity contribution < 1.29 is 9.47 Å². The van der Waals surface area contributed by atoms with Gasteiger partial charge < -0.3 is 9.47 Å². The fraction of sp³-hybridized carbons (Fsp3) is 1.00. The van der Waals surface area contributed by atoms with Crippen LogP contribution in [0.25, 0.3) is 0 Å². The van der Waals surface area contributed by atoms with Crippen LogP contribution in [0, 0.1) is 0 Å². The zero-order valence-electron chi connectivity index (χ0n) is 10.9. The van der Waals surface area contributed by atoms with Crippen LogP contribution in [0.2, 0.25) is 25.3 Å². The smallest absolute Gasteiger partial charge is 0.136 e. The van der Waals surface area contributed by atoms with Gasteiger partial charge >= 0.3 is 0 Å². The van der Waals surface area contributed by atoms with Gasteiger partial charge in [-0.15, -0.1) is 0 Å². The molecule has 0 aromatic heterocycles. The Bertz CT molecular complexity index is 138. The van der Waals surface area contributed by atoms with Crippen LogP contribution in [0.3, 0.4) is 0 Å². The summed E-state index contributed by atoms with van der Waals surface area (Å²) in [6.07, 6.45) is 2.15. The summed E-state index contributed by atoms with van der Waals surface area (Å²) in [5.74, 6) is 0.0663. The molecular weight excluding hydrogens is 220 g/mol. The van der Waals surface area contributed by atoms with Crippen LogP contribution in [0.4, 0.5) is 0 Å². The summed E-state index contributed by atoms with van der Waals surface area (Å²) in [4.78, 5) is 0. The minimum absolute atomic E-state index is 0.0663. The van der Waals surface area contributed by atoms with Gasteiger partial charge in [-0.25, -0.2) is 0 Å². The van der Waals surface area contributed by atoms with E-state index in [0.717, 1.165) is 35.6 Å². The second-order valence-corrected chi connectivity index (χ2v) is 12.4. The highest BCUT2D eigenvalue weighted by Crippen LogP contribution is 2.09. The Labute approximate surface area is 98.6 Å². The van der Waals surface area contributed by atoms with Crippen molar-refractivity contribution in [3.05, 3.63) is 0 Å². The zero-order valence-corrected chi connectivity index (χ0v) is 12.9. The van der Waals surface area contributed by atoms with Gasteiger partial charge in [0.2, 0.25) is 0 Å². The molecule has 0 unspecified atom stereocenters. The molecule has 0 N–H and O–H groups in total. The monoisotopic (exact) mass is 246 g/mol. The van der Waals surface area contributed by atoms with E-state index >= 15 is 0 Å². The van der Waals surface area contributed by atoms with Crippen LogP contribution in [0.1, 0.15) is 26.7 Å². The van der Waals surface area contributed by atoms with Crippen molar-refractivity contribution in [2.75, 3.05) is 13.2 Å². The van der Waals surface area contributed by atoms with Gasteiger partial charge in [0, 0.05) is 21.3 Å². The van der Waals surface area contributed by atoms with Crippen LogP contribution in [0.5, 0.6) is 0 Å². The summed E-state index contributed by atoms with van der Waals surface area (Å²) in [6.45, 7) is 13.1. The van der Waals surface area contributed by atoms with Gasteiger partial charge in [0.25, 0.3) is 0 Å². The second kappa shape index (κ2) is 8.50. The van der Waals surface area contributed by atoms with Crippen LogP contribution in [-0.2, 0) is 9.47 Å². The molecule has 0 bridgehead atoms. The lowest BCUT2D eigenvalue weighted by atomic mass is 10.5. The van der Waals surface area contributed by atoms with Crippen molar-refractivity contribution in [3.8, 4) is 0 Å². The molecule has 0 rings (SSSR count). The molecule has 4 heteroatoms. The summed E-state index contributed by atoms with van der Waals surface area (Å²) in [7, 11) is -0.134. The van der Waals surface area contributed by atoms with Gasteiger partial charge in [-0.1, -0.05) is 39.2 Å². The maximum Gasteiger partial charge on any atom is 0.136 e. The molecule has 0 heterocycles.